The van der Waals surface area contributed by atoms with Gasteiger partial charge in [0, 0.05) is 0 Å². The number of unbranched alkanes of at least 4 members (excludes halogenated alkanes) is 2. The fraction of sp³-hybridized carbons (Fsp3) is 1.00. The van der Waals surface area contributed by atoms with Gasteiger partial charge in [-0.05, 0) is 19.8 Å². The van der Waals surface area contributed by atoms with E-state index in [1.165, 1.54) is 0 Å². The monoisotopic (exact) mass is 252 g/mol. The van der Waals surface area contributed by atoms with Crippen LogP contribution in [-0.4, -0.2) is 30.6 Å². The van der Waals surface area contributed by atoms with Gasteiger partial charge in [0.25, 0.3) is 0 Å². The second kappa shape index (κ2) is 9.17. The Bertz CT molecular complexity index is 192. The van der Waals surface area contributed by atoms with Crippen molar-refractivity contribution >= 4 is 7.60 Å². The van der Waals surface area contributed by atoms with Crippen LogP contribution in [0, 0.1) is 0 Å². The van der Waals surface area contributed by atoms with Crippen LogP contribution in [0.1, 0.15) is 46.5 Å². The lowest BCUT2D eigenvalue weighted by molar-refractivity contribution is 0.171. The predicted molar refractivity (Wildman–Crippen MR) is 65.9 cm³/mol. The molecule has 0 saturated heterocycles. The zero-order chi connectivity index (χ0) is 12.4. The Morgan fingerprint density at radius 1 is 1.12 bits per heavy atom. The van der Waals surface area contributed by atoms with Crippen LogP contribution >= 0.6 is 7.60 Å². The molecule has 1 atom stereocenters. The van der Waals surface area contributed by atoms with Crippen molar-refractivity contribution in [1.29, 1.82) is 0 Å². The molecule has 0 aromatic carbocycles. The van der Waals surface area contributed by atoms with Crippen LogP contribution in [0.25, 0.3) is 0 Å². The zero-order valence-electron chi connectivity index (χ0n) is 10.6. The molecule has 0 heterocycles. The van der Waals surface area contributed by atoms with Gasteiger partial charge in [0.05, 0.1) is 25.5 Å². The third kappa shape index (κ3) is 8.28. The zero-order valence-corrected chi connectivity index (χ0v) is 11.5. The second-order valence-corrected chi connectivity index (χ2v) is 6.12. The van der Waals surface area contributed by atoms with E-state index in [9.17, 15) is 9.67 Å². The lowest BCUT2D eigenvalue weighted by Gasteiger charge is -2.19. The summed E-state index contributed by atoms with van der Waals surface area (Å²) in [5.41, 5.74) is 0. The van der Waals surface area contributed by atoms with Crippen LogP contribution in [0.5, 0.6) is 0 Å². The molecule has 5 heteroatoms. The SMILES string of the molecule is CCCCOP(=O)(CC(C)O)OCCCC. The van der Waals surface area contributed by atoms with Gasteiger partial charge in [0.2, 0.25) is 0 Å². The standard InChI is InChI=1S/C11H25O4P/c1-4-6-8-14-16(13,10-11(3)12)15-9-7-5-2/h11-12H,4-10H2,1-3H3. The molecule has 0 aliphatic rings. The Labute approximate surface area is 98.9 Å². The molecule has 0 aromatic heterocycles. The van der Waals surface area contributed by atoms with Gasteiger partial charge < -0.3 is 14.2 Å². The van der Waals surface area contributed by atoms with Gasteiger partial charge in [0.15, 0.2) is 0 Å². The number of aliphatic hydroxyl groups is 1. The molecular formula is C11H25O4P. The molecule has 0 rings (SSSR count). The molecule has 0 radical (unpaired) electrons. The quantitative estimate of drug-likeness (QED) is 0.479. The fourth-order valence-corrected chi connectivity index (χ4v) is 2.91. The molecule has 98 valence electrons. The van der Waals surface area contributed by atoms with Crippen molar-refractivity contribution in [3.63, 3.8) is 0 Å². The highest BCUT2D eigenvalue weighted by molar-refractivity contribution is 7.53. The summed E-state index contributed by atoms with van der Waals surface area (Å²) < 4.78 is 22.8. The molecule has 0 fully saturated rings. The van der Waals surface area contributed by atoms with Crippen molar-refractivity contribution < 1.29 is 18.7 Å². The van der Waals surface area contributed by atoms with Gasteiger partial charge in [-0.25, -0.2) is 0 Å². The normalized spacial score (nSPS) is 14.0. The van der Waals surface area contributed by atoms with Gasteiger partial charge >= 0.3 is 7.60 Å². The Hall–Kier alpha value is 0.110. The highest BCUT2D eigenvalue weighted by atomic mass is 31.2. The highest BCUT2D eigenvalue weighted by Gasteiger charge is 2.26. The maximum absolute atomic E-state index is 12.2. The molecule has 1 N–H and O–H groups in total. The van der Waals surface area contributed by atoms with Crippen molar-refractivity contribution in [1.82, 2.24) is 0 Å². The van der Waals surface area contributed by atoms with Crippen molar-refractivity contribution in [2.24, 2.45) is 0 Å². The van der Waals surface area contributed by atoms with E-state index in [2.05, 4.69) is 0 Å². The van der Waals surface area contributed by atoms with E-state index in [-0.39, 0.29) is 6.16 Å². The van der Waals surface area contributed by atoms with Crippen LogP contribution in [0.3, 0.4) is 0 Å². The molecule has 0 aliphatic heterocycles. The molecule has 0 bridgehead atoms. The minimum absolute atomic E-state index is 0.0838. The molecule has 0 aromatic rings. The average Bonchev–Trinajstić information content (AvgIpc) is 2.17. The van der Waals surface area contributed by atoms with Gasteiger partial charge in [-0.3, -0.25) is 4.57 Å². The largest absolute Gasteiger partial charge is 0.393 e. The van der Waals surface area contributed by atoms with Crippen LogP contribution < -0.4 is 0 Å². The molecule has 0 aliphatic carbocycles. The average molecular weight is 252 g/mol. The summed E-state index contributed by atoms with van der Waals surface area (Å²) in [5.74, 6) is 0. The number of hydrogen-bond acceptors (Lipinski definition) is 4. The van der Waals surface area contributed by atoms with Gasteiger partial charge in [-0.15, -0.1) is 0 Å². The molecule has 4 nitrogen and oxygen atoms in total. The molecule has 1 unspecified atom stereocenters. The van der Waals surface area contributed by atoms with E-state index >= 15 is 0 Å². The number of aliphatic hydroxyl groups excluding tert-OH is 1. The van der Waals surface area contributed by atoms with Crippen molar-refractivity contribution in [3.8, 4) is 0 Å². The molecule has 16 heavy (non-hydrogen) atoms. The van der Waals surface area contributed by atoms with E-state index in [1.807, 2.05) is 13.8 Å². The maximum Gasteiger partial charge on any atom is 0.333 e. The summed E-state index contributed by atoms with van der Waals surface area (Å²) in [7, 11) is -3.08. The lowest BCUT2D eigenvalue weighted by Crippen LogP contribution is -2.12. The lowest BCUT2D eigenvalue weighted by atomic mass is 10.4. The Balaban J connectivity index is 4.08. The third-order valence-electron chi connectivity index (χ3n) is 2.06. The second-order valence-electron chi connectivity index (χ2n) is 4.02. The van der Waals surface area contributed by atoms with Crippen molar-refractivity contribution in [3.05, 3.63) is 0 Å². The molecule has 0 saturated carbocycles. The number of hydrogen-bond donors (Lipinski definition) is 1. The van der Waals surface area contributed by atoms with Gasteiger partial charge in [-0.2, -0.15) is 0 Å². The van der Waals surface area contributed by atoms with Crippen LogP contribution in [0.4, 0.5) is 0 Å². The smallest absolute Gasteiger partial charge is 0.333 e. The minimum atomic E-state index is -3.08. The van der Waals surface area contributed by atoms with E-state index in [1.54, 1.807) is 6.92 Å². The number of rotatable bonds is 10. The van der Waals surface area contributed by atoms with Crippen molar-refractivity contribution in [2.75, 3.05) is 19.4 Å². The highest BCUT2D eigenvalue weighted by Crippen LogP contribution is 2.48. The topological polar surface area (TPSA) is 55.8 Å². The molecule has 0 spiro atoms. The molecular weight excluding hydrogens is 227 g/mol. The van der Waals surface area contributed by atoms with Gasteiger partial charge in [0.1, 0.15) is 0 Å². The van der Waals surface area contributed by atoms with Gasteiger partial charge in [-0.1, -0.05) is 26.7 Å². The molecule has 0 amide bonds. The van der Waals surface area contributed by atoms with Crippen LogP contribution in [-0.2, 0) is 13.6 Å². The third-order valence-corrected chi connectivity index (χ3v) is 4.19. The Morgan fingerprint density at radius 3 is 1.88 bits per heavy atom. The fourth-order valence-electron chi connectivity index (χ4n) is 1.16. The van der Waals surface area contributed by atoms with Crippen LogP contribution in [0.15, 0.2) is 0 Å². The minimum Gasteiger partial charge on any atom is -0.393 e. The van der Waals surface area contributed by atoms with E-state index in [0.717, 1.165) is 25.7 Å². The summed E-state index contributed by atoms with van der Waals surface area (Å²) in [4.78, 5) is 0. The van der Waals surface area contributed by atoms with E-state index < -0.39 is 13.7 Å². The first-order chi connectivity index (χ1) is 7.54. The van der Waals surface area contributed by atoms with E-state index in [0.29, 0.717) is 13.2 Å². The first-order valence-corrected chi connectivity index (χ1v) is 7.83. The first kappa shape index (κ1) is 16.1. The summed E-state index contributed by atoms with van der Waals surface area (Å²) in [6.07, 6.45) is 3.13. The summed E-state index contributed by atoms with van der Waals surface area (Å²) in [5, 5.41) is 9.27. The Morgan fingerprint density at radius 2 is 1.56 bits per heavy atom. The summed E-state index contributed by atoms with van der Waals surface area (Å²) >= 11 is 0. The summed E-state index contributed by atoms with van der Waals surface area (Å²) in [6, 6.07) is 0. The van der Waals surface area contributed by atoms with E-state index in [4.69, 9.17) is 9.05 Å². The van der Waals surface area contributed by atoms with Crippen molar-refractivity contribution in [2.45, 2.75) is 52.6 Å². The maximum atomic E-state index is 12.2. The Kier molecular flexibility index (Phi) is 9.24. The predicted octanol–water partition coefficient (Wildman–Crippen LogP) is 3.19. The first-order valence-electron chi connectivity index (χ1n) is 6.10. The summed E-state index contributed by atoms with van der Waals surface area (Å²) in [6.45, 7) is 6.56. The van der Waals surface area contributed by atoms with Crippen LogP contribution in [0.2, 0.25) is 0 Å².